The molecule has 0 saturated heterocycles. The van der Waals surface area contributed by atoms with Crippen molar-refractivity contribution >= 4 is 41.1 Å². The van der Waals surface area contributed by atoms with E-state index in [2.05, 4.69) is 21.3 Å². The van der Waals surface area contributed by atoms with Crippen molar-refractivity contribution < 1.29 is 38.1 Å². The number of amides is 6. The number of benzene rings is 2. The second kappa shape index (κ2) is 19.2. The number of hydrogen-bond acceptors (Lipinski definition) is 8. The lowest BCUT2D eigenvalue weighted by Gasteiger charge is -2.29. The zero-order valence-corrected chi connectivity index (χ0v) is 29.6. The van der Waals surface area contributed by atoms with Crippen LogP contribution in [0.5, 0.6) is 0 Å². The average Bonchev–Trinajstić information content (AvgIpc) is 3.13. The third-order valence-corrected chi connectivity index (χ3v) is 9.52. The molecule has 1 heterocycles. The minimum absolute atomic E-state index is 0.0553. The standard InChI is InChI=1S/C37H46FN7O8/c1-44-19-5-8-28(34(39)48)40-32(46)17-18-33(47)41-29(20-23-6-3-2-4-7-23)35(49)42-30(21-24-9-13-26(38)14-10-24)36(50)43-31(37(44)51)22-25-11-15-27(16-12-25)45(52)53/h9-18,23,28-31H,2-8,19-22H2,1H3,(H2,39,48)(H,40,46)(H,41,47)(H,42,49)(H,43,50)/b18-17+/t28-,29-,30-,31-/m0/s1. The van der Waals surface area contributed by atoms with Gasteiger partial charge >= 0.3 is 0 Å². The number of carbonyl (C=O) groups is 6. The molecule has 2 aromatic carbocycles. The van der Waals surface area contributed by atoms with Gasteiger partial charge in [-0.05, 0) is 48.4 Å². The Bertz CT molecular complexity index is 1680. The summed E-state index contributed by atoms with van der Waals surface area (Å²) in [6, 6.07) is 6.14. The van der Waals surface area contributed by atoms with Crippen LogP contribution in [0.3, 0.4) is 0 Å². The summed E-state index contributed by atoms with van der Waals surface area (Å²) in [5.41, 5.74) is 6.36. The summed E-state index contributed by atoms with van der Waals surface area (Å²) < 4.78 is 13.8. The van der Waals surface area contributed by atoms with E-state index in [-0.39, 0.29) is 50.3 Å². The van der Waals surface area contributed by atoms with Gasteiger partial charge in [-0.3, -0.25) is 38.9 Å². The quantitative estimate of drug-likeness (QED) is 0.198. The summed E-state index contributed by atoms with van der Waals surface area (Å²) in [7, 11) is 1.49. The van der Waals surface area contributed by atoms with E-state index >= 15 is 0 Å². The Balaban J connectivity index is 1.70. The lowest BCUT2D eigenvalue weighted by Crippen LogP contribution is -2.58. The first-order chi connectivity index (χ1) is 25.3. The Labute approximate surface area is 306 Å². The predicted octanol–water partition coefficient (Wildman–Crippen LogP) is 1.72. The second-order valence-corrected chi connectivity index (χ2v) is 13.6. The van der Waals surface area contributed by atoms with Crippen LogP contribution in [0.25, 0.3) is 0 Å². The molecule has 15 nitrogen and oxygen atoms in total. The first kappa shape index (κ1) is 40.1. The number of halogens is 1. The van der Waals surface area contributed by atoms with Gasteiger partial charge in [0.15, 0.2) is 0 Å². The molecule has 0 bridgehead atoms. The molecule has 0 unspecified atom stereocenters. The van der Waals surface area contributed by atoms with Crippen molar-refractivity contribution in [2.24, 2.45) is 11.7 Å². The number of carbonyl (C=O) groups excluding carboxylic acids is 6. The number of non-ortho nitro benzene ring substituents is 1. The zero-order valence-electron chi connectivity index (χ0n) is 29.6. The van der Waals surface area contributed by atoms with Crippen LogP contribution in [-0.4, -0.2) is 83.0 Å². The van der Waals surface area contributed by atoms with Crippen LogP contribution < -0.4 is 27.0 Å². The van der Waals surface area contributed by atoms with Gasteiger partial charge in [0, 0.05) is 50.7 Å². The maximum absolute atomic E-state index is 14.1. The SMILES string of the molecule is CN1CCC[C@@H](C(N)=O)NC(=O)/C=C/C(=O)N[C@@H](CC2CCCCC2)C(=O)N[C@@H](Cc2ccc(F)cc2)C(=O)N[C@@H](Cc2ccc([N+](=O)[O-])cc2)C1=O. The number of nitro groups is 1. The molecule has 0 spiro atoms. The molecule has 0 radical (unpaired) electrons. The van der Waals surface area contributed by atoms with E-state index in [0.717, 1.165) is 44.3 Å². The van der Waals surface area contributed by atoms with E-state index in [0.29, 0.717) is 11.1 Å². The molecular weight excluding hydrogens is 689 g/mol. The maximum atomic E-state index is 14.1. The van der Waals surface area contributed by atoms with E-state index < -0.39 is 70.4 Å². The number of nitrogens with two attached hydrogens (primary N) is 1. The molecule has 1 aliphatic carbocycles. The molecule has 6 N–H and O–H groups in total. The molecule has 284 valence electrons. The topological polar surface area (TPSA) is 223 Å². The molecule has 4 rings (SSSR count). The molecule has 0 aromatic heterocycles. The first-order valence-corrected chi connectivity index (χ1v) is 17.7. The fourth-order valence-electron chi connectivity index (χ4n) is 6.57. The summed E-state index contributed by atoms with van der Waals surface area (Å²) in [6.45, 7) is 0.0853. The summed E-state index contributed by atoms with van der Waals surface area (Å²) in [4.78, 5) is 91.9. The van der Waals surface area contributed by atoms with Gasteiger partial charge in [-0.2, -0.15) is 0 Å². The first-order valence-electron chi connectivity index (χ1n) is 17.7. The van der Waals surface area contributed by atoms with Crippen molar-refractivity contribution in [3.8, 4) is 0 Å². The average molecular weight is 736 g/mol. The van der Waals surface area contributed by atoms with Crippen molar-refractivity contribution in [2.45, 2.75) is 88.4 Å². The summed E-state index contributed by atoms with van der Waals surface area (Å²) in [5.74, 6) is -4.68. The molecule has 4 atom stereocenters. The number of nitrogens with one attached hydrogen (secondary N) is 4. The van der Waals surface area contributed by atoms with Gasteiger partial charge in [-0.25, -0.2) is 4.39 Å². The molecular formula is C37H46FN7O8. The van der Waals surface area contributed by atoms with E-state index in [1.807, 2.05) is 0 Å². The zero-order chi connectivity index (χ0) is 38.5. The Morgan fingerprint density at radius 1 is 0.774 bits per heavy atom. The predicted molar refractivity (Wildman–Crippen MR) is 191 cm³/mol. The normalized spacial score (nSPS) is 23.7. The molecule has 6 amide bonds. The largest absolute Gasteiger partial charge is 0.368 e. The molecule has 1 aliphatic heterocycles. The minimum atomic E-state index is -1.28. The number of nitro benzene ring substituents is 1. The Morgan fingerprint density at radius 3 is 1.92 bits per heavy atom. The maximum Gasteiger partial charge on any atom is 0.269 e. The lowest BCUT2D eigenvalue weighted by atomic mass is 9.84. The summed E-state index contributed by atoms with van der Waals surface area (Å²) in [5, 5.41) is 21.9. The highest BCUT2D eigenvalue weighted by molar-refractivity contribution is 6.00. The fourth-order valence-corrected chi connectivity index (χ4v) is 6.57. The fraction of sp³-hybridized carbons (Fsp3) is 0.459. The second-order valence-electron chi connectivity index (χ2n) is 13.6. The van der Waals surface area contributed by atoms with Crippen LogP contribution in [0.4, 0.5) is 10.1 Å². The van der Waals surface area contributed by atoms with Crippen molar-refractivity contribution in [1.29, 1.82) is 0 Å². The van der Waals surface area contributed by atoms with E-state index in [1.54, 1.807) is 0 Å². The van der Waals surface area contributed by atoms with Gasteiger partial charge in [-0.15, -0.1) is 0 Å². The Morgan fingerprint density at radius 2 is 1.32 bits per heavy atom. The van der Waals surface area contributed by atoms with Crippen LogP contribution in [-0.2, 0) is 41.6 Å². The van der Waals surface area contributed by atoms with Gasteiger partial charge < -0.3 is 31.9 Å². The van der Waals surface area contributed by atoms with Crippen LogP contribution in [0.2, 0.25) is 0 Å². The molecule has 53 heavy (non-hydrogen) atoms. The van der Waals surface area contributed by atoms with Crippen molar-refractivity contribution in [1.82, 2.24) is 26.2 Å². The molecule has 1 fully saturated rings. The summed E-state index contributed by atoms with van der Waals surface area (Å²) in [6.07, 6.45) is 6.89. The highest BCUT2D eigenvalue weighted by atomic mass is 19.1. The van der Waals surface area contributed by atoms with E-state index in [9.17, 15) is 43.3 Å². The number of rotatable bonds is 8. The molecule has 16 heteroatoms. The van der Waals surface area contributed by atoms with Crippen LogP contribution in [0.1, 0.15) is 62.5 Å². The van der Waals surface area contributed by atoms with Crippen LogP contribution >= 0.6 is 0 Å². The van der Waals surface area contributed by atoms with Gasteiger partial charge in [0.1, 0.15) is 30.0 Å². The van der Waals surface area contributed by atoms with Crippen LogP contribution in [0.15, 0.2) is 60.7 Å². The van der Waals surface area contributed by atoms with Crippen molar-refractivity contribution in [3.63, 3.8) is 0 Å². The smallest absolute Gasteiger partial charge is 0.269 e. The third kappa shape index (κ3) is 12.5. The van der Waals surface area contributed by atoms with Crippen molar-refractivity contribution in [3.05, 3.63) is 87.7 Å². The number of likely N-dealkylation sites (N-methyl/N-ethyl adjacent to an activating group) is 1. The van der Waals surface area contributed by atoms with Gasteiger partial charge in [0.2, 0.25) is 35.4 Å². The lowest BCUT2D eigenvalue weighted by molar-refractivity contribution is -0.384. The Hall–Kier alpha value is -5.67. The third-order valence-electron chi connectivity index (χ3n) is 9.52. The molecule has 1 saturated carbocycles. The number of primary amides is 1. The highest BCUT2D eigenvalue weighted by Crippen LogP contribution is 2.27. The minimum Gasteiger partial charge on any atom is -0.368 e. The van der Waals surface area contributed by atoms with Gasteiger partial charge in [0.05, 0.1) is 4.92 Å². The number of nitrogens with zero attached hydrogens (tertiary/aromatic N) is 2. The monoisotopic (exact) mass is 735 g/mol. The van der Waals surface area contributed by atoms with Gasteiger partial charge in [-0.1, -0.05) is 56.4 Å². The van der Waals surface area contributed by atoms with Gasteiger partial charge in [0.25, 0.3) is 5.69 Å². The van der Waals surface area contributed by atoms with Crippen LogP contribution in [0, 0.1) is 21.8 Å². The van der Waals surface area contributed by atoms with Crippen molar-refractivity contribution in [2.75, 3.05) is 13.6 Å². The molecule has 2 aromatic rings. The molecule has 2 aliphatic rings. The number of hydrogen-bond donors (Lipinski definition) is 5. The highest BCUT2D eigenvalue weighted by Gasteiger charge is 2.33. The van der Waals surface area contributed by atoms with E-state index in [4.69, 9.17) is 5.73 Å². The van der Waals surface area contributed by atoms with E-state index in [1.165, 1.54) is 60.5 Å². The Kier molecular flexibility index (Phi) is 14.6. The summed E-state index contributed by atoms with van der Waals surface area (Å²) >= 11 is 0.